The van der Waals surface area contributed by atoms with Crippen LogP contribution in [-0.4, -0.2) is 49.8 Å². The molecule has 0 fully saturated rings. The quantitative estimate of drug-likeness (QED) is 0.754. The number of amides is 2. The summed E-state index contributed by atoms with van der Waals surface area (Å²) in [7, 11) is 3.32. The molecular formula is C22H28N2O5. The zero-order valence-corrected chi connectivity index (χ0v) is 17.5. The lowest BCUT2D eigenvalue weighted by Gasteiger charge is -2.20. The van der Waals surface area contributed by atoms with E-state index in [4.69, 9.17) is 14.2 Å². The molecule has 0 heterocycles. The molecule has 0 saturated heterocycles. The number of benzene rings is 2. The third kappa shape index (κ3) is 7.37. The second-order valence-corrected chi connectivity index (χ2v) is 7.45. The molecule has 2 aromatic carbocycles. The van der Waals surface area contributed by atoms with Crippen LogP contribution >= 0.6 is 0 Å². The maximum atomic E-state index is 12.5. The van der Waals surface area contributed by atoms with Crippen LogP contribution in [0, 0.1) is 0 Å². The summed E-state index contributed by atoms with van der Waals surface area (Å²) in [6.07, 6.45) is -0.538. The van der Waals surface area contributed by atoms with E-state index < -0.39 is 11.7 Å². The first-order chi connectivity index (χ1) is 13.7. The van der Waals surface area contributed by atoms with E-state index in [1.54, 1.807) is 64.1 Å². The SMILES string of the molecule is COc1ccc(OCCN(C)C(=O)c2ccc(NC(=O)OC(C)(C)C)cc2)cc1. The minimum Gasteiger partial charge on any atom is -0.497 e. The highest BCUT2D eigenvalue weighted by Gasteiger charge is 2.17. The van der Waals surface area contributed by atoms with Crippen LogP contribution < -0.4 is 14.8 Å². The van der Waals surface area contributed by atoms with Crippen LogP contribution in [0.1, 0.15) is 31.1 Å². The van der Waals surface area contributed by atoms with Gasteiger partial charge in [0.1, 0.15) is 23.7 Å². The molecule has 156 valence electrons. The molecule has 0 aliphatic heterocycles. The van der Waals surface area contributed by atoms with Gasteiger partial charge in [-0.05, 0) is 69.3 Å². The highest BCUT2D eigenvalue weighted by molar-refractivity contribution is 5.95. The molecule has 7 heteroatoms. The van der Waals surface area contributed by atoms with Gasteiger partial charge in [0, 0.05) is 18.3 Å². The van der Waals surface area contributed by atoms with E-state index in [2.05, 4.69) is 5.32 Å². The summed E-state index contributed by atoms with van der Waals surface area (Å²) in [6.45, 7) is 6.18. The van der Waals surface area contributed by atoms with Crippen molar-refractivity contribution >= 4 is 17.7 Å². The van der Waals surface area contributed by atoms with Crippen molar-refractivity contribution in [2.24, 2.45) is 0 Å². The van der Waals surface area contributed by atoms with Crippen molar-refractivity contribution in [3.8, 4) is 11.5 Å². The number of nitrogens with one attached hydrogen (secondary N) is 1. The van der Waals surface area contributed by atoms with E-state index in [0.29, 0.717) is 30.2 Å². The van der Waals surface area contributed by atoms with Gasteiger partial charge in [0.2, 0.25) is 0 Å². The van der Waals surface area contributed by atoms with E-state index >= 15 is 0 Å². The van der Waals surface area contributed by atoms with Gasteiger partial charge >= 0.3 is 6.09 Å². The average Bonchev–Trinajstić information content (AvgIpc) is 2.67. The number of ether oxygens (including phenoxy) is 3. The van der Waals surface area contributed by atoms with Crippen molar-refractivity contribution in [2.75, 3.05) is 32.6 Å². The molecule has 0 aromatic heterocycles. The Hall–Kier alpha value is -3.22. The minimum atomic E-state index is -0.573. The van der Waals surface area contributed by atoms with Crippen molar-refractivity contribution in [1.29, 1.82) is 0 Å². The predicted octanol–water partition coefficient (Wildman–Crippen LogP) is 4.19. The molecule has 2 rings (SSSR count). The maximum absolute atomic E-state index is 12.5. The van der Waals surface area contributed by atoms with E-state index in [0.717, 1.165) is 5.75 Å². The lowest BCUT2D eigenvalue weighted by atomic mass is 10.2. The zero-order chi connectivity index (χ0) is 21.4. The summed E-state index contributed by atoms with van der Waals surface area (Å²) < 4.78 is 16.0. The highest BCUT2D eigenvalue weighted by Crippen LogP contribution is 2.17. The Labute approximate surface area is 171 Å². The standard InChI is InChI=1S/C22H28N2O5/c1-22(2,3)29-21(26)23-17-8-6-16(7-9-17)20(25)24(4)14-15-28-19-12-10-18(27-5)11-13-19/h6-13H,14-15H2,1-5H3,(H,23,26). The first kappa shape index (κ1) is 22.1. The third-order valence-electron chi connectivity index (χ3n) is 3.88. The fraction of sp³-hybridized carbons (Fsp3) is 0.364. The number of likely N-dealkylation sites (N-methyl/N-ethyl adjacent to an activating group) is 1. The Morgan fingerprint density at radius 3 is 2.10 bits per heavy atom. The normalized spacial score (nSPS) is 10.8. The predicted molar refractivity (Wildman–Crippen MR) is 112 cm³/mol. The summed E-state index contributed by atoms with van der Waals surface area (Å²) in [5.74, 6) is 1.34. The minimum absolute atomic E-state index is 0.132. The number of rotatable bonds is 7. The molecular weight excluding hydrogens is 372 g/mol. The van der Waals surface area contributed by atoms with Crippen LogP contribution in [0.15, 0.2) is 48.5 Å². The zero-order valence-electron chi connectivity index (χ0n) is 17.5. The van der Waals surface area contributed by atoms with E-state index in [9.17, 15) is 9.59 Å². The summed E-state index contributed by atoms with van der Waals surface area (Å²) in [6, 6.07) is 13.9. The van der Waals surface area contributed by atoms with Gasteiger partial charge in [-0.3, -0.25) is 10.1 Å². The molecule has 0 bridgehead atoms. The fourth-order valence-electron chi connectivity index (χ4n) is 2.41. The number of methoxy groups -OCH3 is 1. The topological polar surface area (TPSA) is 77.1 Å². The van der Waals surface area contributed by atoms with E-state index in [1.165, 1.54) is 0 Å². The number of hydrogen-bond acceptors (Lipinski definition) is 5. The number of anilines is 1. The van der Waals surface area contributed by atoms with Gasteiger partial charge < -0.3 is 19.1 Å². The molecule has 0 aliphatic rings. The van der Waals surface area contributed by atoms with Gasteiger partial charge in [-0.15, -0.1) is 0 Å². The van der Waals surface area contributed by atoms with Crippen LogP contribution in [-0.2, 0) is 4.74 Å². The number of nitrogens with zero attached hydrogens (tertiary/aromatic N) is 1. The Bertz CT molecular complexity index is 811. The van der Waals surface area contributed by atoms with Crippen LogP contribution in [0.5, 0.6) is 11.5 Å². The lowest BCUT2D eigenvalue weighted by molar-refractivity contribution is 0.0635. The van der Waals surface area contributed by atoms with Crippen molar-refractivity contribution < 1.29 is 23.8 Å². The molecule has 0 radical (unpaired) electrons. The first-order valence-electron chi connectivity index (χ1n) is 9.30. The molecule has 0 unspecified atom stereocenters. The van der Waals surface area contributed by atoms with E-state index in [1.807, 2.05) is 24.3 Å². The third-order valence-corrected chi connectivity index (χ3v) is 3.88. The molecule has 1 N–H and O–H groups in total. The van der Waals surface area contributed by atoms with Crippen LogP contribution in [0.3, 0.4) is 0 Å². The molecule has 0 aliphatic carbocycles. The molecule has 0 spiro atoms. The Morgan fingerprint density at radius 2 is 1.55 bits per heavy atom. The van der Waals surface area contributed by atoms with Crippen LogP contribution in [0.2, 0.25) is 0 Å². The van der Waals surface area contributed by atoms with Crippen molar-refractivity contribution in [2.45, 2.75) is 26.4 Å². The van der Waals surface area contributed by atoms with Gasteiger partial charge in [-0.2, -0.15) is 0 Å². The Morgan fingerprint density at radius 1 is 0.966 bits per heavy atom. The van der Waals surface area contributed by atoms with E-state index in [-0.39, 0.29) is 5.91 Å². The van der Waals surface area contributed by atoms with Crippen molar-refractivity contribution in [3.05, 3.63) is 54.1 Å². The number of carbonyl (C=O) groups is 2. The van der Waals surface area contributed by atoms with Gasteiger partial charge in [-0.1, -0.05) is 0 Å². The smallest absolute Gasteiger partial charge is 0.412 e. The lowest BCUT2D eigenvalue weighted by Crippen LogP contribution is -2.31. The summed E-state index contributed by atoms with van der Waals surface area (Å²) in [5.41, 5.74) is 0.504. The monoisotopic (exact) mass is 400 g/mol. The van der Waals surface area contributed by atoms with Crippen LogP contribution in [0.4, 0.5) is 10.5 Å². The molecule has 29 heavy (non-hydrogen) atoms. The maximum Gasteiger partial charge on any atom is 0.412 e. The van der Waals surface area contributed by atoms with Crippen molar-refractivity contribution in [3.63, 3.8) is 0 Å². The summed E-state index contributed by atoms with van der Waals surface area (Å²) >= 11 is 0. The largest absolute Gasteiger partial charge is 0.497 e. The van der Waals surface area contributed by atoms with Crippen molar-refractivity contribution in [1.82, 2.24) is 4.90 Å². The summed E-state index contributed by atoms with van der Waals surface area (Å²) in [4.78, 5) is 25.9. The second-order valence-electron chi connectivity index (χ2n) is 7.45. The fourth-order valence-corrected chi connectivity index (χ4v) is 2.41. The van der Waals surface area contributed by atoms with Gasteiger partial charge in [0.15, 0.2) is 0 Å². The summed E-state index contributed by atoms with van der Waals surface area (Å²) in [5, 5.41) is 2.64. The molecule has 0 saturated carbocycles. The molecule has 0 atom stereocenters. The van der Waals surface area contributed by atoms with Crippen LogP contribution in [0.25, 0.3) is 0 Å². The highest BCUT2D eigenvalue weighted by atomic mass is 16.6. The first-order valence-corrected chi connectivity index (χ1v) is 9.30. The van der Waals surface area contributed by atoms with Gasteiger partial charge in [-0.25, -0.2) is 4.79 Å². The second kappa shape index (κ2) is 9.82. The molecule has 2 amide bonds. The van der Waals surface area contributed by atoms with Gasteiger partial charge in [0.25, 0.3) is 5.91 Å². The number of hydrogen-bond donors (Lipinski definition) is 1. The number of carbonyl (C=O) groups excluding carboxylic acids is 2. The average molecular weight is 400 g/mol. The van der Waals surface area contributed by atoms with Gasteiger partial charge in [0.05, 0.1) is 13.7 Å². The Balaban J connectivity index is 1.83. The molecule has 2 aromatic rings. The Kier molecular flexibility index (Phi) is 7.47. The molecule has 7 nitrogen and oxygen atoms in total.